The van der Waals surface area contributed by atoms with Crippen LogP contribution in [0.3, 0.4) is 0 Å². The molecule has 0 radical (unpaired) electrons. The lowest BCUT2D eigenvalue weighted by molar-refractivity contribution is -0.154. The van der Waals surface area contributed by atoms with Gasteiger partial charge in [-0.1, -0.05) is 48.5 Å². The van der Waals surface area contributed by atoms with E-state index < -0.39 is 22.9 Å². The highest BCUT2D eigenvalue weighted by atomic mass is 28.4. The zero-order valence-corrected chi connectivity index (χ0v) is 24.4. The van der Waals surface area contributed by atoms with Gasteiger partial charge in [0.25, 0.3) is 0 Å². The monoisotopic (exact) mass is 475 g/mol. The maximum atomic E-state index is 12.1. The lowest BCUT2D eigenvalue weighted by Gasteiger charge is -2.43. The molecule has 1 aliphatic heterocycles. The van der Waals surface area contributed by atoms with Crippen LogP contribution in [0.1, 0.15) is 54.9 Å². The van der Waals surface area contributed by atoms with Crippen molar-refractivity contribution in [2.24, 2.45) is 5.92 Å². The Hall–Kier alpha value is -0.256. The fourth-order valence-corrected chi connectivity index (χ4v) is 5.31. The van der Waals surface area contributed by atoms with Crippen LogP contribution in [-0.2, 0) is 23.1 Å². The van der Waals surface area contributed by atoms with Crippen LogP contribution >= 0.6 is 0 Å². The van der Waals surface area contributed by atoms with Crippen LogP contribution < -0.4 is 0 Å². The molecule has 1 saturated heterocycles. The predicted octanol–water partition coefficient (Wildman–Crippen LogP) is 5.25. The second-order valence-electron chi connectivity index (χ2n) is 12.4. The van der Waals surface area contributed by atoms with E-state index in [0.29, 0.717) is 13.0 Å². The summed E-state index contributed by atoms with van der Waals surface area (Å²) in [5.74, 6) is -0.120. The molecule has 4 atom stereocenters. The van der Waals surface area contributed by atoms with E-state index in [1.807, 2.05) is 19.0 Å². The Bertz CT molecular complexity index is 596. The van der Waals surface area contributed by atoms with Crippen molar-refractivity contribution in [1.82, 2.24) is 4.90 Å². The van der Waals surface area contributed by atoms with Crippen LogP contribution in [0.4, 0.5) is 0 Å². The second kappa shape index (κ2) is 10.3. The van der Waals surface area contributed by atoms with Gasteiger partial charge in [0, 0.05) is 12.5 Å². The summed E-state index contributed by atoms with van der Waals surface area (Å²) < 4.78 is 25.4. The van der Waals surface area contributed by atoms with Crippen molar-refractivity contribution >= 4 is 22.6 Å². The van der Waals surface area contributed by atoms with Gasteiger partial charge in [0.1, 0.15) is 12.7 Å². The molecule has 0 aromatic heterocycles. The van der Waals surface area contributed by atoms with E-state index in [4.69, 9.17) is 18.3 Å². The van der Waals surface area contributed by atoms with E-state index in [-0.39, 0.29) is 40.8 Å². The van der Waals surface area contributed by atoms with Gasteiger partial charge in [-0.25, -0.2) is 0 Å². The first-order chi connectivity index (χ1) is 13.8. The van der Waals surface area contributed by atoms with E-state index in [9.17, 15) is 4.79 Å². The Morgan fingerprint density at radius 1 is 0.935 bits per heavy atom. The SMILES string of the molecule is CC1[C@@H](COC(=O)CCN(C)C)O[C@@H](O[Si](C)(C)C(C)(C)C)[C@H]1O[Si](C)(C)C(C)(C)C. The highest BCUT2D eigenvalue weighted by molar-refractivity contribution is 6.74. The van der Waals surface area contributed by atoms with Crippen LogP contribution in [0.15, 0.2) is 0 Å². The molecule has 0 spiro atoms. The summed E-state index contributed by atoms with van der Waals surface area (Å²) in [6.45, 7) is 25.4. The van der Waals surface area contributed by atoms with Gasteiger partial charge < -0.3 is 23.2 Å². The number of carbonyl (C=O) groups excluding carboxylic acids is 1. The summed E-state index contributed by atoms with van der Waals surface area (Å²) in [6, 6.07) is 0. The van der Waals surface area contributed by atoms with Crippen LogP contribution in [-0.4, -0.2) is 73.2 Å². The van der Waals surface area contributed by atoms with Gasteiger partial charge in [-0.05, 0) is 50.4 Å². The van der Waals surface area contributed by atoms with Crippen LogP contribution in [0.2, 0.25) is 36.3 Å². The minimum Gasteiger partial charge on any atom is -0.463 e. The molecule has 31 heavy (non-hydrogen) atoms. The van der Waals surface area contributed by atoms with Crippen molar-refractivity contribution in [3.8, 4) is 0 Å². The topological polar surface area (TPSA) is 57.2 Å². The summed E-state index contributed by atoms with van der Waals surface area (Å²) >= 11 is 0. The molecular formula is C23H49NO5Si2. The molecule has 0 aliphatic carbocycles. The van der Waals surface area contributed by atoms with Crippen LogP contribution in [0, 0.1) is 5.92 Å². The fourth-order valence-electron chi connectivity index (χ4n) is 2.83. The third kappa shape index (κ3) is 7.93. The number of carbonyl (C=O) groups is 1. The largest absolute Gasteiger partial charge is 0.463 e. The number of rotatable bonds is 9. The van der Waals surface area contributed by atoms with Gasteiger partial charge in [0.2, 0.25) is 0 Å². The average Bonchev–Trinajstić information content (AvgIpc) is 2.84. The Labute approximate surface area is 193 Å². The maximum Gasteiger partial charge on any atom is 0.307 e. The highest BCUT2D eigenvalue weighted by Gasteiger charge is 2.52. The summed E-state index contributed by atoms with van der Waals surface area (Å²) in [4.78, 5) is 14.1. The minimum absolute atomic E-state index is 0.0673. The number of ether oxygens (including phenoxy) is 2. The van der Waals surface area contributed by atoms with E-state index in [1.54, 1.807) is 0 Å². The first-order valence-corrected chi connectivity index (χ1v) is 17.4. The quantitative estimate of drug-likeness (QED) is 0.335. The van der Waals surface area contributed by atoms with Crippen molar-refractivity contribution < 1.29 is 23.1 Å². The minimum atomic E-state index is -2.07. The molecule has 1 aliphatic rings. The van der Waals surface area contributed by atoms with E-state index in [2.05, 4.69) is 74.7 Å². The highest BCUT2D eigenvalue weighted by Crippen LogP contribution is 2.44. The normalized spacial score (nSPS) is 25.9. The van der Waals surface area contributed by atoms with Gasteiger partial charge in [-0.3, -0.25) is 4.79 Å². The third-order valence-corrected chi connectivity index (χ3v) is 16.2. The summed E-state index contributed by atoms with van der Waals surface area (Å²) in [6.07, 6.45) is -0.453. The molecule has 0 bridgehead atoms. The molecule has 184 valence electrons. The first kappa shape index (κ1) is 28.8. The molecule has 0 aromatic carbocycles. The maximum absolute atomic E-state index is 12.1. The lowest BCUT2D eigenvalue weighted by atomic mass is 10.0. The first-order valence-electron chi connectivity index (χ1n) is 11.6. The predicted molar refractivity (Wildman–Crippen MR) is 132 cm³/mol. The number of hydrogen-bond acceptors (Lipinski definition) is 6. The number of nitrogens with zero attached hydrogens (tertiary/aromatic N) is 1. The van der Waals surface area contributed by atoms with Crippen molar-refractivity contribution in [3.05, 3.63) is 0 Å². The Morgan fingerprint density at radius 3 is 1.87 bits per heavy atom. The molecule has 0 N–H and O–H groups in total. The molecule has 1 heterocycles. The van der Waals surface area contributed by atoms with Crippen LogP contribution in [0.25, 0.3) is 0 Å². The van der Waals surface area contributed by atoms with Gasteiger partial charge >= 0.3 is 5.97 Å². The molecule has 0 aromatic rings. The van der Waals surface area contributed by atoms with Gasteiger partial charge in [-0.2, -0.15) is 0 Å². The fraction of sp³-hybridized carbons (Fsp3) is 0.957. The van der Waals surface area contributed by atoms with Gasteiger partial charge in [0.15, 0.2) is 22.9 Å². The summed E-state index contributed by atoms with van der Waals surface area (Å²) in [5.41, 5.74) is 0. The Kier molecular flexibility index (Phi) is 9.60. The smallest absolute Gasteiger partial charge is 0.307 e. The third-order valence-electron chi connectivity index (χ3n) is 7.31. The average molecular weight is 476 g/mol. The molecule has 0 amide bonds. The van der Waals surface area contributed by atoms with Crippen molar-refractivity contribution in [3.63, 3.8) is 0 Å². The summed E-state index contributed by atoms with van der Waals surface area (Å²) in [7, 11) is -0.206. The standard InChI is InChI=1S/C23H49NO5Si2/c1-17-18(16-26-19(25)14-15-24(8)9)27-21(29-31(12,13)23(5,6)7)20(17)28-30(10,11)22(2,3)4/h17-18,20-21H,14-16H2,1-13H3/t17?,18-,20+,21+/m1/s1. The van der Waals surface area contributed by atoms with Crippen molar-refractivity contribution in [2.75, 3.05) is 27.2 Å². The molecule has 8 heteroatoms. The van der Waals surface area contributed by atoms with E-state index in [1.165, 1.54) is 0 Å². The zero-order chi connectivity index (χ0) is 24.4. The van der Waals surface area contributed by atoms with Gasteiger partial charge in [-0.15, -0.1) is 0 Å². The van der Waals surface area contributed by atoms with E-state index in [0.717, 1.165) is 0 Å². The van der Waals surface area contributed by atoms with Crippen molar-refractivity contribution in [2.45, 2.75) is 110 Å². The second-order valence-corrected chi connectivity index (χ2v) is 21.9. The molecule has 1 rings (SSSR count). The summed E-state index contributed by atoms with van der Waals surface area (Å²) in [5, 5.41) is 0.156. The zero-order valence-electron chi connectivity index (χ0n) is 22.4. The van der Waals surface area contributed by atoms with Crippen LogP contribution in [0.5, 0.6) is 0 Å². The molecular weight excluding hydrogens is 426 g/mol. The molecule has 6 nitrogen and oxygen atoms in total. The van der Waals surface area contributed by atoms with Gasteiger partial charge in [0.05, 0.1) is 12.5 Å². The Morgan fingerprint density at radius 2 is 1.42 bits per heavy atom. The van der Waals surface area contributed by atoms with E-state index >= 15 is 0 Å². The Balaban J connectivity index is 2.99. The number of esters is 1. The molecule has 0 saturated carbocycles. The molecule has 1 fully saturated rings. The van der Waals surface area contributed by atoms with Crippen molar-refractivity contribution in [1.29, 1.82) is 0 Å². The molecule has 1 unspecified atom stereocenters. The number of hydrogen-bond donors (Lipinski definition) is 0. The lowest BCUT2D eigenvalue weighted by Crippen LogP contribution is -2.51.